The maximum atomic E-state index is 5.91. The third kappa shape index (κ3) is 5.64. The van der Waals surface area contributed by atoms with Crippen molar-refractivity contribution in [1.82, 2.24) is 20.4 Å². The lowest BCUT2D eigenvalue weighted by Gasteiger charge is -2.25. The summed E-state index contributed by atoms with van der Waals surface area (Å²) in [6, 6.07) is 6.64. The molecule has 1 aromatic heterocycles. The Morgan fingerprint density at radius 2 is 1.50 bits per heavy atom. The molecule has 0 bridgehead atoms. The van der Waals surface area contributed by atoms with Crippen molar-refractivity contribution in [3.8, 4) is 11.5 Å². The van der Waals surface area contributed by atoms with Gasteiger partial charge in [0.15, 0.2) is 0 Å². The van der Waals surface area contributed by atoms with Crippen LogP contribution in [0.25, 0.3) is 11.5 Å². The van der Waals surface area contributed by atoms with Crippen molar-refractivity contribution in [2.24, 2.45) is 0 Å². The minimum atomic E-state index is 0.0621. The van der Waals surface area contributed by atoms with E-state index in [1.807, 2.05) is 0 Å². The number of nitrogens with one attached hydrogen (secondary N) is 1. The number of nitrogens with zero attached hydrogens (tertiary/aromatic N) is 3. The smallest absolute Gasteiger partial charge is 0.247 e. The molecule has 2 rings (SSSR count). The highest BCUT2D eigenvalue weighted by Crippen LogP contribution is 2.33. The van der Waals surface area contributed by atoms with E-state index in [-0.39, 0.29) is 10.8 Å². The van der Waals surface area contributed by atoms with E-state index < -0.39 is 0 Å². The Morgan fingerprint density at radius 1 is 0.923 bits per heavy atom. The molecule has 0 unspecified atom stereocenters. The van der Waals surface area contributed by atoms with Crippen molar-refractivity contribution in [2.45, 2.75) is 58.9 Å². The van der Waals surface area contributed by atoms with Crippen LogP contribution in [0.5, 0.6) is 0 Å². The summed E-state index contributed by atoms with van der Waals surface area (Å²) in [5.74, 6) is 1.21. The van der Waals surface area contributed by atoms with Gasteiger partial charge in [0, 0.05) is 18.7 Å². The first-order valence-corrected chi connectivity index (χ1v) is 9.31. The van der Waals surface area contributed by atoms with Crippen LogP contribution in [0.4, 0.5) is 0 Å². The van der Waals surface area contributed by atoms with Gasteiger partial charge in [-0.1, -0.05) is 47.6 Å². The molecule has 2 aromatic rings. The SMILES string of the molecule is CN(C)CCNCc1nnc(-c2cc(C(C)(C)C)cc(C(C)(C)C)c2)o1. The second-order valence-electron chi connectivity index (χ2n) is 9.28. The van der Waals surface area contributed by atoms with Crippen LogP contribution in [-0.2, 0) is 17.4 Å². The van der Waals surface area contributed by atoms with Gasteiger partial charge in [-0.15, -0.1) is 10.2 Å². The van der Waals surface area contributed by atoms with Gasteiger partial charge in [-0.2, -0.15) is 0 Å². The van der Waals surface area contributed by atoms with Crippen molar-refractivity contribution in [1.29, 1.82) is 0 Å². The quantitative estimate of drug-likeness (QED) is 0.792. The van der Waals surface area contributed by atoms with Crippen molar-refractivity contribution < 1.29 is 4.42 Å². The Labute approximate surface area is 158 Å². The molecule has 0 saturated carbocycles. The van der Waals surface area contributed by atoms with E-state index in [0.29, 0.717) is 18.3 Å². The Morgan fingerprint density at radius 3 is 2.00 bits per heavy atom. The molecule has 0 saturated heterocycles. The number of likely N-dealkylation sites (N-methyl/N-ethyl adjacent to an activating group) is 1. The van der Waals surface area contributed by atoms with Gasteiger partial charge in [0.1, 0.15) is 0 Å². The fourth-order valence-electron chi connectivity index (χ4n) is 2.56. The predicted molar refractivity (Wildman–Crippen MR) is 107 cm³/mol. The van der Waals surface area contributed by atoms with Gasteiger partial charge >= 0.3 is 0 Å². The number of hydrogen-bond acceptors (Lipinski definition) is 5. The van der Waals surface area contributed by atoms with Gasteiger partial charge in [0.05, 0.1) is 6.54 Å². The monoisotopic (exact) mass is 358 g/mol. The van der Waals surface area contributed by atoms with E-state index in [1.165, 1.54) is 11.1 Å². The average Bonchev–Trinajstić information content (AvgIpc) is 2.98. The number of hydrogen-bond donors (Lipinski definition) is 1. The summed E-state index contributed by atoms with van der Waals surface area (Å²) in [5, 5.41) is 11.8. The van der Waals surface area contributed by atoms with E-state index in [2.05, 4.69) is 94.3 Å². The third-order valence-electron chi connectivity index (χ3n) is 4.39. The van der Waals surface area contributed by atoms with E-state index in [1.54, 1.807) is 0 Å². The molecule has 1 heterocycles. The van der Waals surface area contributed by atoms with Crippen LogP contribution < -0.4 is 5.32 Å². The lowest BCUT2D eigenvalue weighted by Crippen LogP contribution is -2.26. The van der Waals surface area contributed by atoms with E-state index in [9.17, 15) is 0 Å². The molecule has 1 N–H and O–H groups in total. The second-order valence-corrected chi connectivity index (χ2v) is 9.28. The molecule has 26 heavy (non-hydrogen) atoms. The summed E-state index contributed by atoms with van der Waals surface area (Å²) in [6.07, 6.45) is 0. The molecule has 0 amide bonds. The summed E-state index contributed by atoms with van der Waals surface area (Å²) in [7, 11) is 4.11. The van der Waals surface area contributed by atoms with Crippen LogP contribution in [0, 0.1) is 0 Å². The van der Waals surface area contributed by atoms with Gasteiger partial charge in [-0.05, 0) is 48.2 Å². The summed E-state index contributed by atoms with van der Waals surface area (Å²) in [4.78, 5) is 2.14. The predicted octanol–water partition coefficient (Wildman–Crippen LogP) is 3.98. The maximum Gasteiger partial charge on any atom is 0.247 e. The standard InChI is InChI=1S/C21H34N4O/c1-20(2,3)16-11-15(12-17(13-16)21(4,5)6)19-24-23-18(26-19)14-22-9-10-25(7)8/h11-13,22H,9-10,14H2,1-8H3. The van der Waals surface area contributed by atoms with Crippen LogP contribution >= 0.6 is 0 Å². The molecule has 5 nitrogen and oxygen atoms in total. The van der Waals surface area contributed by atoms with Crippen LogP contribution in [0.2, 0.25) is 0 Å². The van der Waals surface area contributed by atoms with E-state index in [4.69, 9.17) is 4.42 Å². The van der Waals surface area contributed by atoms with Crippen molar-refractivity contribution >= 4 is 0 Å². The maximum absolute atomic E-state index is 5.91. The van der Waals surface area contributed by atoms with Gasteiger partial charge in [-0.25, -0.2) is 0 Å². The zero-order chi connectivity index (χ0) is 19.5. The zero-order valence-corrected chi connectivity index (χ0v) is 17.6. The average molecular weight is 359 g/mol. The Balaban J connectivity index is 2.25. The van der Waals surface area contributed by atoms with Gasteiger partial charge in [0.25, 0.3) is 0 Å². The summed E-state index contributed by atoms with van der Waals surface area (Å²) < 4.78 is 5.91. The Kier molecular flexibility index (Phi) is 6.25. The van der Waals surface area contributed by atoms with Crippen LogP contribution in [0.3, 0.4) is 0 Å². The fraction of sp³-hybridized carbons (Fsp3) is 0.619. The zero-order valence-electron chi connectivity index (χ0n) is 17.6. The molecule has 0 radical (unpaired) electrons. The van der Waals surface area contributed by atoms with Crippen molar-refractivity contribution in [3.63, 3.8) is 0 Å². The van der Waals surface area contributed by atoms with Crippen molar-refractivity contribution in [2.75, 3.05) is 27.2 Å². The number of rotatable bonds is 6. The Hall–Kier alpha value is -1.72. The highest BCUT2D eigenvalue weighted by Gasteiger charge is 2.22. The molecule has 0 fully saturated rings. The summed E-state index contributed by atoms with van der Waals surface area (Å²) >= 11 is 0. The van der Waals surface area contributed by atoms with Gasteiger partial charge < -0.3 is 14.6 Å². The number of benzene rings is 1. The highest BCUT2D eigenvalue weighted by molar-refractivity contribution is 5.57. The van der Waals surface area contributed by atoms with Crippen LogP contribution in [0.15, 0.2) is 22.6 Å². The largest absolute Gasteiger partial charge is 0.419 e. The topological polar surface area (TPSA) is 54.2 Å². The van der Waals surface area contributed by atoms with Gasteiger partial charge in [-0.3, -0.25) is 0 Å². The minimum Gasteiger partial charge on any atom is -0.419 e. The fourth-order valence-corrected chi connectivity index (χ4v) is 2.56. The molecule has 0 spiro atoms. The van der Waals surface area contributed by atoms with Crippen molar-refractivity contribution in [3.05, 3.63) is 35.2 Å². The van der Waals surface area contributed by atoms with Crippen LogP contribution in [0.1, 0.15) is 58.6 Å². The van der Waals surface area contributed by atoms with Gasteiger partial charge in [0.2, 0.25) is 11.8 Å². The molecule has 0 atom stereocenters. The molecule has 0 aliphatic rings. The number of aromatic nitrogens is 2. The normalized spacial score (nSPS) is 12.8. The molecular formula is C21H34N4O. The molecule has 144 valence electrons. The first kappa shape index (κ1) is 20.6. The molecule has 1 aromatic carbocycles. The first-order chi connectivity index (χ1) is 12.0. The molecule has 0 aliphatic carbocycles. The lowest BCUT2D eigenvalue weighted by molar-refractivity contribution is 0.390. The Bertz CT molecular complexity index is 688. The van der Waals surface area contributed by atoms with E-state index >= 15 is 0 Å². The molecule has 0 aliphatic heterocycles. The minimum absolute atomic E-state index is 0.0621. The molecule has 5 heteroatoms. The van der Waals surface area contributed by atoms with E-state index in [0.717, 1.165) is 18.7 Å². The summed E-state index contributed by atoms with van der Waals surface area (Å²) in [6.45, 7) is 15.8. The first-order valence-electron chi connectivity index (χ1n) is 9.31. The highest BCUT2D eigenvalue weighted by atomic mass is 16.4. The lowest BCUT2D eigenvalue weighted by atomic mass is 9.79. The molecular weight excluding hydrogens is 324 g/mol. The summed E-state index contributed by atoms with van der Waals surface area (Å²) in [5.41, 5.74) is 3.68. The van der Waals surface area contributed by atoms with Crippen LogP contribution in [-0.4, -0.2) is 42.3 Å². The second kappa shape index (κ2) is 7.89. The third-order valence-corrected chi connectivity index (χ3v) is 4.39.